The Morgan fingerprint density at radius 2 is 2.00 bits per heavy atom. The molecule has 0 N–H and O–H groups in total. The van der Waals surface area contributed by atoms with Crippen molar-refractivity contribution in [3.8, 4) is 5.75 Å². The van der Waals surface area contributed by atoms with E-state index in [0.29, 0.717) is 12.6 Å². The molecule has 0 bridgehead atoms. The molecule has 1 atom stereocenters. The Kier molecular flexibility index (Phi) is 4.97. The van der Waals surface area contributed by atoms with E-state index in [4.69, 9.17) is 4.74 Å². The third kappa shape index (κ3) is 3.92. The van der Waals surface area contributed by atoms with E-state index in [9.17, 15) is 12.9 Å². The summed E-state index contributed by atoms with van der Waals surface area (Å²) >= 11 is 0. The molecule has 1 saturated heterocycles. The summed E-state index contributed by atoms with van der Waals surface area (Å²) in [6.45, 7) is -3.62. The Labute approximate surface area is 118 Å². The van der Waals surface area contributed by atoms with Crippen molar-refractivity contribution in [3.63, 3.8) is 0 Å². The molecule has 1 aromatic rings. The van der Waals surface area contributed by atoms with Crippen LogP contribution < -0.4 is 10.2 Å². The molecule has 1 heterocycles. The first kappa shape index (κ1) is 15.2. The van der Waals surface area contributed by atoms with Crippen LogP contribution >= 0.6 is 0 Å². The van der Waals surface area contributed by atoms with Gasteiger partial charge >= 0.3 is 6.98 Å². The molecule has 2 nitrogen and oxygen atoms in total. The van der Waals surface area contributed by atoms with Crippen LogP contribution in [0.5, 0.6) is 5.75 Å². The zero-order valence-electron chi connectivity index (χ0n) is 11.7. The predicted octanol–water partition coefficient (Wildman–Crippen LogP) is 2.99. The molecule has 0 saturated carbocycles. The van der Waals surface area contributed by atoms with E-state index >= 15 is 0 Å². The van der Waals surface area contributed by atoms with Crippen molar-refractivity contribution >= 4 is 12.4 Å². The molecule has 0 amide bonds. The number of benzene rings is 1. The number of piperidine rings is 1. The quantitative estimate of drug-likeness (QED) is 0.772. The number of rotatable bonds is 5. The van der Waals surface area contributed by atoms with E-state index < -0.39 is 12.4 Å². The molecule has 1 fully saturated rings. The Morgan fingerprint density at radius 1 is 1.25 bits per heavy atom. The van der Waals surface area contributed by atoms with Gasteiger partial charge in [0, 0.05) is 6.04 Å². The second-order valence-corrected chi connectivity index (χ2v) is 5.38. The SMILES string of the molecule is CN1CCCCC1CCOc1ccccc1[B-](F)(F)F. The van der Waals surface area contributed by atoms with Gasteiger partial charge in [-0.2, -0.15) is 0 Å². The zero-order valence-corrected chi connectivity index (χ0v) is 11.7. The number of para-hydroxylation sites is 1. The highest BCUT2D eigenvalue weighted by atomic mass is 19.4. The largest absolute Gasteiger partial charge is 0.513 e. The Morgan fingerprint density at radius 3 is 2.70 bits per heavy atom. The minimum Gasteiger partial charge on any atom is -0.497 e. The van der Waals surface area contributed by atoms with Gasteiger partial charge in [0.2, 0.25) is 0 Å². The topological polar surface area (TPSA) is 12.5 Å². The van der Waals surface area contributed by atoms with E-state index in [-0.39, 0.29) is 5.75 Å². The minimum atomic E-state index is -5.02. The fraction of sp³-hybridized carbons (Fsp3) is 0.571. The molecule has 112 valence electrons. The second-order valence-electron chi connectivity index (χ2n) is 5.38. The van der Waals surface area contributed by atoms with Gasteiger partial charge in [-0.05, 0) is 38.9 Å². The number of nitrogens with zero attached hydrogens (tertiary/aromatic N) is 1. The van der Waals surface area contributed by atoms with E-state index in [0.717, 1.165) is 25.5 Å². The smallest absolute Gasteiger partial charge is 0.497 e. The molecule has 2 rings (SSSR count). The summed E-state index contributed by atoms with van der Waals surface area (Å²) < 4.78 is 44.0. The normalized spacial score (nSPS) is 20.9. The fourth-order valence-corrected chi connectivity index (χ4v) is 2.70. The maximum Gasteiger partial charge on any atom is 0.513 e. The Bertz CT molecular complexity index is 439. The van der Waals surface area contributed by atoms with Crippen molar-refractivity contribution in [1.29, 1.82) is 0 Å². The van der Waals surface area contributed by atoms with Gasteiger partial charge < -0.3 is 22.6 Å². The number of hydrogen-bond acceptors (Lipinski definition) is 2. The standard InChI is InChI=1S/C14H20BF3NO/c1-19-10-5-4-6-12(19)9-11-20-14-8-3-2-7-13(14)15(16,17)18/h2-3,7-8,12H,4-6,9-11H2,1H3/q-1. The van der Waals surface area contributed by atoms with Crippen LogP contribution in [0.15, 0.2) is 24.3 Å². The van der Waals surface area contributed by atoms with Crippen LogP contribution in [0.4, 0.5) is 12.9 Å². The zero-order chi connectivity index (χ0) is 14.6. The highest BCUT2D eigenvalue weighted by Crippen LogP contribution is 2.20. The molecule has 1 unspecified atom stereocenters. The van der Waals surface area contributed by atoms with Crippen LogP contribution in [-0.4, -0.2) is 38.1 Å². The lowest BCUT2D eigenvalue weighted by molar-refractivity contribution is 0.153. The number of hydrogen-bond donors (Lipinski definition) is 0. The van der Waals surface area contributed by atoms with Crippen LogP contribution in [0.1, 0.15) is 25.7 Å². The van der Waals surface area contributed by atoms with Gasteiger partial charge in [-0.25, -0.2) is 0 Å². The van der Waals surface area contributed by atoms with Gasteiger partial charge in [0.15, 0.2) is 0 Å². The van der Waals surface area contributed by atoms with Crippen molar-refractivity contribution in [2.45, 2.75) is 31.7 Å². The van der Waals surface area contributed by atoms with Gasteiger partial charge in [0.1, 0.15) is 0 Å². The highest BCUT2D eigenvalue weighted by molar-refractivity contribution is 6.74. The van der Waals surface area contributed by atoms with Crippen molar-refractivity contribution in [2.75, 3.05) is 20.2 Å². The Hall–Kier alpha value is -1.17. The lowest BCUT2D eigenvalue weighted by Crippen LogP contribution is -2.38. The monoisotopic (exact) mass is 286 g/mol. The molecular formula is C14H20BF3NO-. The summed E-state index contributed by atoms with van der Waals surface area (Å²) in [5.41, 5.74) is -0.635. The molecule has 1 aliphatic rings. The molecule has 6 heteroatoms. The molecule has 0 aromatic heterocycles. The third-order valence-corrected chi connectivity index (χ3v) is 3.90. The third-order valence-electron chi connectivity index (χ3n) is 3.90. The van der Waals surface area contributed by atoms with Crippen LogP contribution in [0.25, 0.3) is 0 Å². The van der Waals surface area contributed by atoms with Crippen LogP contribution in [0.3, 0.4) is 0 Å². The van der Waals surface area contributed by atoms with Crippen LogP contribution in [0, 0.1) is 0 Å². The van der Waals surface area contributed by atoms with E-state index in [1.165, 1.54) is 25.0 Å². The van der Waals surface area contributed by atoms with E-state index in [1.54, 1.807) is 6.07 Å². The first-order valence-electron chi connectivity index (χ1n) is 7.10. The average molecular weight is 286 g/mol. The summed E-state index contributed by atoms with van der Waals surface area (Å²) in [7, 11) is 2.07. The van der Waals surface area contributed by atoms with Crippen molar-refractivity contribution in [1.82, 2.24) is 4.90 Å². The van der Waals surface area contributed by atoms with Crippen LogP contribution in [-0.2, 0) is 0 Å². The van der Waals surface area contributed by atoms with Gasteiger partial charge in [0.25, 0.3) is 0 Å². The number of halogens is 3. The molecule has 1 aromatic carbocycles. The maximum atomic E-state index is 12.9. The van der Waals surface area contributed by atoms with Gasteiger partial charge in [-0.3, -0.25) is 0 Å². The second kappa shape index (κ2) is 6.52. The molecule has 0 radical (unpaired) electrons. The van der Waals surface area contributed by atoms with Gasteiger partial charge in [0.05, 0.1) is 12.4 Å². The van der Waals surface area contributed by atoms with Gasteiger partial charge in [-0.15, -0.1) is 0 Å². The lowest BCUT2D eigenvalue weighted by atomic mass is 9.79. The fourth-order valence-electron chi connectivity index (χ4n) is 2.70. The lowest BCUT2D eigenvalue weighted by Gasteiger charge is -2.32. The maximum absolute atomic E-state index is 12.9. The van der Waals surface area contributed by atoms with E-state index in [1.807, 2.05) is 0 Å². The average Bonchev–Trinajstić information content (AvgIpc) is 2.40. The molecule has 0 spiro atoms. The molecule has 1 aliphatic heterocycles. The summed E-state index contributed by atoms with van der Waals surface area (Å²) in [4.78, 5) is 2.27. The van der Waals surface area contributed by atoms with E-state index in [2.05, 4.69) is 11.9 Å². The summed E-state index contributed by atoms with van der Waals surface area (Å²) in [5, 5.41) is 0. The highest BCUT2D eigenvalue weighted by Gasteiger charge is 2.29. The number of ether oxygens (including phenoxy) is 1. The first-order valence-corrected chi connectivity index (χ1v) is 7.10. The van der Waals surface area contributed by atoms with Crippen molar-refractivity contribution < 1.29 is 17.7 Å². The first-order chi connectivity index (χ1) is 9.48. The molecule has 20 heavy (non-hydrogen) atoms. The Balaban J connectivity index is 1.91. The number of likely N-dealkylation sites (tertiary alicyclic amines) is 1. The van der Waals surface area contributed by atoms with Gasteiger partial charge in [-0.1, -0.05) is 30.1 Å². The summed E-state index contributed by atoms with van der Waals surface area (Å²) in [6, 6.07) is 5.88. The van der Waals surface area contributed by atoms with Crippen molar-refractivity contribution in [3.05, 3.63) is 24.3 Å². The molecule has 0 aliphatic carbocycles. The predicted molar refractivity (Wildman–Crippen MR) is 75.5 cm³/mol. The summed E-state index contributed by atoms with van der Waals surface area (Å²) in [5.74, 6) is -0.0431. The molecular weight excluding hydrogens is 266 g/mol. The van der Waals surface area contributed by atoms with Crippen LogP contribution in [0.2, 0.25) is 0 Å². The minimum absolute atomic E-state index is 0.0431. The van der Waals surface area contributed by atoms with Crippen molar-refractivity contribution in [2.24, 2.45) is 0 Å². The summed E-state index contributed by atoms with van der Waals surface area (Å²) in [6.07, 6.45) is 4.27.